The molecular formula is C9H15NO2. The van der Waals surface area contributed by atoms with Gasteiger partial charge in [-0.15, -0.1) is 0 Å². The predicted molar refractivity (Wildman–Crippen MR) is 44.7 cm³/mol. The van der Waals surface area contributed by atoms with Gasteiger partial charge in [-0.2, -0.15) is 0 Å². The molecule has 2 aliphatic heterocycles. The molecule has 1 unspecified atom stereocenters. The molecule has 1 N–H and O–H groups in total. The lowest BCUT2D eigenvalue weighted by atomic mass is 9.85. The highest BCUT2D eigenvalue weighted by molar-refractivity contribution is 5.80. The predicted octanol–water partition coefficient (Wildman–Crippen LogP) is 0.549. The molecule has 0 saturated carbocycles. The van der Waals surface area contributed by atoms with Crippen LogP contribution in [0.2, 0.25) is 0 Å². The first kappa shape index (κ1) is 8.05. The summed E-state index contributed by atoms with van der Waals surface area (Å²) in [5, 5.41) is 2.89. The normalized spacial score (nSPS) is 32.0. The van der Waals surface area contributed by atoms with Gasteiger partial charge in [0.05, 0.1) is 0 Å². The van der Waals surface area contributed by atoms with Crippen LogP contribution in [0.4, 0.5) is 0 Å². The molecule has 0 radical (unpaired) electrons. The Balaban J connectivity index is 1.93. The second-order valence-electron chi connectivity index (χ2n) is 3.64. The minimum Gasteiger partial charge on any atom is -0.381 e. The van der Waals surface area contributed by atoms with E-state index in [2.05, 4.69) is 5.32 Å². The molecule has 0 aromatic rings. The third-order valence-corrected chi connectivity index (χ3v) is 2.93. The topological polar surface area (TPSA) is 38.3 Å². The van der Waals surface area contributed by atoms with Crippen molar-refractivity contribution in [3.63, 3.8) is 0 Å². The third kappa shape index (κ3) is 1.46. The van der Waals surface area contributed by atoms with Gasteiger partial charge in [0.25, 0.3) is 0 Å². The zero-order valence-corrected chi connectivity index (χ0v) is 7.21. The lowest BCUT2D eigenvalue weighted by Gasteiger charge is -2.25. The summed E-state index contributed by atoms with van der Waals surface area (Å²) in [6.07, 6.45) is 3.17. The molecule has 0 spiro atoms. The van der Waals surface area contributed by atoms with Gasteiger partial charge in [0.2, 0.25) is 5.91 Å². The Morgan fingerprint density at radius 3 is 2.58 bits per heavy atom. The zero-order valence-electron chi connectivity index (χ0n) is 7.21. The lowest BCUT2D eigenvalue weighted by molar-refractivity contribution is -0.124. The summed E-state index contributed by atoms with van der Waals surface area (Å²) in [5.74, 6) is 1.14. The molecule has 12 heavy (non-hydrogen) atoms. The third-order valence-electron chi connectivity index (χ3n) is 2.93. The van der Waals surface area contributed by atoms with Crippen LogP contribution in [0.5, 0.6) is 0 Å². The number of amides is 1. The Bertz CT molecular complexity index is 175. The Kier molecular flexibility index (Phi) is 2.30. The van der Waals surface area contributed by atoms with Crippen molar-refractivity contribution in [2.24, 2.45) is 11.8 Å². The molecular weight excluding hydrogens is 154 g/mol. The molecule has 3 heteroatoms. The maximum Gasteiger partial charge on any atom is 0.223 e. The van der Waals surface area contributed by atoms with Gasteiger partial charge in [-0.1, -0.05) is 0 Å². The fourth-order valence-corrected chi connectivity index (χ4v) is 2.18. The second-order valence-corrected chi connectivity index (χ2v) is 3.64. The zero-order chi connectivity index (χ0) is 8.39. The van der Waals surface area contributed by atoms with Gasteiger partial charge in [0, 0.05) is 25.7 Å². The fraction of sp³-hybridized carbons (Fsp3) is 0.889. The van der Waals surface area contributed by atoms with Crippen LogP contribution in [-0.2, 0) is 9.53 Å². The maximum absolute atomic E-state index is 11.3. The van der Waals surface area contributed by atoms with Crippen molar-refractivity contribution in [1.29, 1.82) is 0 Å². The van der Waals surface area contributed by atoms with Crippen molar-refractivity contribution in [2.45, 2.75) is 19.3 Å². The van der Waals surface area contributed by atoms with Crippen molar-refractivity contribution in [2.75, 3.05) is 19.8 Å². The smallest absolute Gasteiger partial charge is 0.223 e. The van der Waals surface area contributed by atoms with Gasteiger partial charge < -0.3 is 10.1 Å². The minimum atomic E-state index is 0.266. The van der Waals surface area contributed by atoms with Crippen LogP contribution in [0.3, 0.4) is 0 Å². The van der Waals surface area contributed by atoms with E-state index in [1.807, 2.05) is 0 Å². The SMILES string of the molecule is O=C1NCCC1C1CCOCC1. The van der Waals surface area contributed by atoms with E-state index < -0.39 is 0 Å². The summed E-state index contributed by atoms with van der Waals surface area (Å²) in [6.45, 7) is 2.56. The molecule has 1 atom stereocenters. The van der Waals surface area contributed by atoms with Crippen molar-refractivity contribution in [3.8, 4) is 0 Å². The van der Waals surface area contributed by atoms with Crippen LogP contribution in [0.1, 0.15) is 19.3 Å². The second kappa shape index (κ2) is 3.44. The molecule has 2 rings (SSSR count). The first-order valence-corrected chi connectivity index (χ1v) is 4.73. The number of hydrogen-bond donors (Lipinski definition) is 1. The van der Waals surface area contributed by atoms with Crippen molar-refractivity contribution < 1.29 is 9.53 Å². The van der Waals surface area contributed by atoms with E-state index >= 15 is 0 Å². The Morgan fingerprint density at radius 2 is 2.00 bits per heavy atom. The van der Waals surface area contributed by atoms with Crippen molar-refractivity contribution >= 4 is 5.91 Å². The highest BCUT2D eigenvalue weighted by Crippen LogP contribution is 2.28. The maximum atomic E-state index is 11.3. The van der Waals surface area contributed by atoms with Crippen LogP contribution in [0.15, 0.2) is 0 Å². The molecule has 2 heterocycles. The quantitative estimate of drug-likeness (QED) is 0.622. The number of ether oxygens (including phenoxy) is 1. The summed E-state index contributed by atoms with van der Waals surface area (Å²) in [5.41, 5.74) is 0. The van der Waals surface area contributed by atoms with Gasteiger partial charge in [-0.25, -0.2) is 0 Å². The van der Waals surface area contributed by atoms with E-state index in [9.17, 15) is 4.79 Å². The van der Waals surface area contributed by atoms with E-state index in [4.69, 9.17) is 4.74 Å². The summed E-state index contributed by atoms with van der Waals surface area (Å²) < 4.78 is 5.26. The van der Waals surface area contributed by atoms with Crippen LogP contribution in [-0.4, -0.2) is 25.7 Å². The van der Waals surface area contributed by atoms with E-state index in [1.165, 1.54) is 0 Å². The molecule has 0 aliphatic carbocycles. The van der Waals surface area contributed by atoms with Crippen molar-refractivity contribution in [3.05, 3.63) is 0 Å². The van der Waals surface area contributed by atoms with Gasteiger partial charge in [0.15, 0.2) is 0 Å². The highest BCUT2D eigenvalue weighted by atomic mass is 16.5. The number of carbonyl (C=O) groups excluding carboxylic acids is 1. The average Bonchev–Trinajstić information content (AvgIpc) is 2.53. The fourth-order valence-electron chi connectivity index (χ4n) is 2.18. The largest absolute Gasteiger partial charge is 0.381 e. The standard InChI is InChI=1S/C9H15NO2/c11-9-8(1-4-10-9)7-2-5-12-6-3-7/h7-8H,1-6H2,(H,10,11). The van der Waals surface area contributed by atoms with Crippen LogP contribution in [0.25, 0.3) is 0 Å². The summed E-state index contributed by atoms with van der Waals surface area (Å²) in [4.78, 5) is 11.3. The molecule has 0 aromatic heterocycles. The monoisotopic (exact) mass is 169 g/mol. The molecule has 0 aromatic carbocycles. The van der Waals surface area contributed by atoms with E-state index in [1.54, 1.807) is 0 Å². The molecule has 68 valence electrons. The highest BCUT2D eigenvalue weighted by Gasteiger charge is 2.32. The number of rotatable bonds is 1. The lowest BCUT2D eigenvalue weighted by Crippen LogP contribution is -2.29. The Hall–Kier alpha value is -0.570. The van der Waals surface area contributed by atoms with Gasteiger partial charge in [-0.3, -0.25) is 4.79 Å². The summed E-state index contributed by atoms with van der Waals surface area (Å²) in [6, 6.07) is 0. The van der Waals surface area contributed by atoms with Crippen LogP contribution >= 0.6 is 0 Å². The van der Waals surface area contributed by atoms with E-state index in [0.717, 1.165) is 39.0 Å². The number of carbonyl (C=O) groups is 1. The molecule has 0 bridgehead atoms. The first-order chi connectivity index (χ1) is 5.88. The molecule has 2 fully saturated rings. The number of hydrogen-bond acceptors (Lipinski definition) is 2. The molecule has 2 saturated heterocycles. The molecule has 2 aliphatic rings. The Morgan fingerprint density at radius 1 is 1.25 bits per heavy atom. The van der Waals surface area contributed by atoms with Crippen LogP contribution < -0.4 is 5.32 Å². The van der Waals surface area contributed by atoms with Crippen molar-refractivity contribution in [1.82, 2.24) is 5.32 Å². The van der Waals surface area contributed by atoms with Gasteiger partial charge in [0.1, 0.15) is 0 Å². The molecule has 3 nitrogen and oxygen atoms in total. The first-order valence-electron chi connectivity index (χ1n) is 4.73. The van der Waals surface area contributed by atoms with Gasteiger partial charge >= 0.3 is 0 Å². The minimum absolute atomic E-state index is 0.266. The summed E-state index contributed by atoms with van der Waals surface area (Å²) in [7, 11) is 0. The van der Waals surface area contributed by atoms with Crippen LogP contribution in [0, 0.1) is 11.8 Å². The average molecular weight is 169 g/mol. The molecule has 1 amide bonds. The van der Waals surface area contributed by atoms with E-state index in [0.29, 0.717) is 5.92 Å². The number of nitrogens with one attached hydrogen (secondary N) is 1. The summed E-state index contributed by atoms with van der Waals surface area (Å²) >= 11 is 0. The van der Waals surface area contributed by atoms with E-state index in [-0.39, 0.29) is 11.8 Å². The van der Waals surface area contributed by atoms with Gasteiger partial charge in [-0.05, 0) is 25.2 Å². The Labute approximate surface area is 72.5 Å².